The van der Waals surface area contributed by atoms with E-state index in [0.717, 1.165) is 32.1 Å². The molecule has 0 aromatic carbocycles. The maximum Gasteiger partial charge on any atom is 0.330 e. The van der Waals surface area contributed by atoms with Crippen LogP contribution in [0.5, 0.6) is 0 Å². The molecule has 1 aromatic rings. The minimum Gasteiger partial charge on any atom is -0.383 e. The predicted octanol–water partition coefficient (Wildman–Crippen LogP) is 1.85. The minimum atomic E-state index is -0.606. The molecule has 130 valence electrons. The largest absolute Gasteiger partial charge is 0.383 e. The molecule has 0 aliphatic heterocycles. The molecule has 0 spiro atoms. The molecule has 0 saturated heterocycles. The molecule has 1 heterocycles. The monoisotopic (exact) mass is 324 g/mol. The van der Waals surface area contributed by atoms with Crippen molar-refractivity contribution in [1.82, 2.24) is 9.55 Å². The van der Waals surface area contributed by atoms with Crippen LogP contribution in [0.1, 0.15) is 59.3 Å². The number of carbonyl (C=O) groups excluding carboxylic acids is 1. The third kappa shape index (κ3) is 4.71. The van der Waals surface area contributed by atoms with Crippen molar-refractivity contribution in [3.05, 3.63) is 20.8 Å². The van der Waals surface area contributed by atoms with E-state index in [-0.39, 0.29) is 17.4 Å². The molecule has 0 aliphatic carbocycles. The number of nitrogen functional groups attached to an aromatic ring is 1. The summed E-state index contributed by atoms with van der Waals surface area (Å²) in [6.45, 7) is 6.62. The van der Waals surface area contributed by atoms with E-state index in [4.69, 9.17) is 5.73 Å². The molecule has 23 heavy (non-hydrogen) atoms. The molecule has 7 heteroatoms. The number of nitrogens with two attached hydrogens (primary N) is 1. The molecule has 0 fully saturated rings. The van der Waals surface area contributed by atoms with Crippen LogP contribution in [-0.2, 0) is 11.3 Å². The number of aromatic nitrogens is 2. The zero-order chi connectivity index (χ0) is 17.4. The fraction of sp³-hybridized carbons (Fsp3) is 0.688. The Hall–Kier alpha value is -2.05. The predicted molar refractivity (Wildman–Crippen MR) is 92.8 cm³/mol. The van der Waals surface area contributed by atoms with E-state index in [0.29, 0.717) is 19.5 Å². The molecule has 0 unspecified atom stereocenters. The summed E-state index contributed by atoms with van der Waals surface area (Å²) in [6.07, 6.45) is 4.79. The van der Waals surface area contributed by atoms with E-state index in [1.165, 1.54) is 9.47 Å². The van der Waals surface area contributed by atoms with Gasteiger partial charge in [-0.2, -0.15) is 0 Å². The maximum atomic E-state index is 12.4. The summed E-state index contributed by atoms with van der Waals surface area (Å²) < 4.78 is 1.34. The first-order valence-electron chi connectivity index (χ1n) is 8.40. The molecule has 0 saturated carbocycles. The van der Waals surface area contributed by atoms with Gasteiger partial charge in [0.15, 0.2) is 5.69 Å². The average molecular weight is 324 g/mol. The van der Waals surface area contributed by atoms with E-state index in [9.17, 15) is 14.4 Å². The first-order chi connectivity index (χ1) is 11.0. The van der Waals surface area contributed by atoms with Crippen molar-refractivity contribution in [1.29, 1.82) is 0 Å². The van der Waals surface area contributed by atoms with Crippen molar-refractivity contribution >= 4 is 17.4 Å². The van der Waals surface area contributed by atoms with E-state index < -0.39 is 11.2 Å². The molecule has 1 rings (SSSR count). The summed E-state index contributed by atoms with van der Waals surface area (Å²) in [4.78, 5) is 40.2. The smallest absolute Gasteiger partial charge is 0.330 e. The number of nitrogens with one attached hydrogen (secondary N) is 1. The zero-order valence-corrected chi connectivity index (χ0v) is 14.4. The first kappa shape index (κ1) is 19.0. The lowest BCUT2D eigenvalue weighted by Crippen LogP contribution is -2.41. The van der Waals surface area contributed by atoms with Crippen LogP contribution in [0.4, 0.5) is 11.5 Å². The lowest BCUT2D eigenvalue weighted by Gasteiger charge is -2.23. The van der Waals surface area contributed by atoms with Crippen molar-refractivity contribution in [3.63, 3.8) is 0 Å². The summed E-state index contributed by atoms with van der Waals surface area (Å²) in [6, 6.07) is 0. The highest BCUT2D eigenvalue weighted by atomic mass is 16.2. The molecule has 1 aromatic heterocycles. The lowest BCUT2D eigenvalue weighted by atomic mass is 10.2. The number of anilines is 2. The standard InChI is InChI=1S/C16H28N4O3/c1-4-7-9-10-12(21)19(6-3)13-14(17)20(11-8-5-2)16(23)18-15(13)22/h4-11,17H2,1-3H3,(H,18,22,23). The van der Waals surface area contributed by atoms with Crippen molar-refractivity contribution in [2.75, 3.05) is 17.2 Å². The van der Waals surface area contributed by atoms with Crippen LogP contribution in [-0.4, -0.2) is 22.0 Å². The van der Waals surface area contributed by atoms with Crippen molar-refractivity contribution < 1.29 is 4.79 Å². The Morgan fingerprint density at radius 3 is 2.35 bits per heavy atom. The normalized spacial score (nSPS) is 10.7. The van der Waals surface area contributed by atoms with Crippen LogP contribution in [0.25, 0.3) is 0 Å². The number of nitrogens with zero attached hydrogens (tertiary/aromatic N) is 2. The fourth-order valence-corrected chi connectivity index (χ4v) is 2.50. The summed E-state index contributed by atoms with van der Waals surface area (Å²) in [5.41, 5.74) is 5.00. The molecule has 0 bridgehead atoms. The van der Waals surface area contributed by atoms with E-state index in [1.54, 1.807) is 6.92 Å². The van der Waals surface area contributed by atoms with Gasteiger partial charge in [0.2, 0.25) is 5.91 Å². The van der Waals surface area contributed by atoms with Crippen molar-refractivity contribution in [3.8, 4) is 0 Å². The average Bonchev–Trinajstić information content (AvgIpc) is 2.51. The lowest BCUT2D eigenvalue weighted by molar-refractivity contribution is -0.118. The van der Waals surface area contributed by atoms with Gasteiger partial charge in [0.1, 0.15) is 5.82 Å². The summed E-state index contributed by atoms with van der Waals surface area (Å²) >= 11 is 0. The number of H-pyrrole nitrogens is 1. The van der Waals surface area contributed by atoms with Crippen LogP contribution >= 0.6 is 0 Å². The van der Waals surface area contributed by atoms with Gasteiger partial charge < -0.3 is 10.6 Å². The number of hydrogen-bond donors (Lipinski definition) is 2. The van der Waals surface area contributed by atoms with Crippen molar-refractivity contribution in [2.24, 2.45) is 0 Å². The third-order valence-electron chi connectivity index (χ3n) is 3.83. The van der Waals surface area contributed by atoms with Gasteiger partial charge >= 0.3 is 5.69 Å². The Balaban J connectivity index is 3.19. The van der Waals surface area contributed by atoms with Gasteiger partial charge in [0.25, 0.3) is 5.56 Å². The van der Waals surface area contributed by atoms with Gasteiger partial charge in [-0.3, -0.25) is 19.1 Å². The second-order valence-electron chi connectivity index (χ2n) is 5.59. The number of unbranched alkanes of at least 4 members (excludes halogenated alkanes) is 3. The quantitative estimate of drug-likeness (QED) is 0.677. The van der Waals surface area contributed by atoms with Gasteiger partial charge in [0, 0.05) is 19.5 Å². The minimum absolute atomic E-state index is 0.0675. The second kappa shape index (κ2) is 9.17. The Kier molecular flexibility index (Phi) is 7.57. The molecule has 0 aliphatic rings. The van der Waals surface area contributed by atoms with Gasteiger partial charge in [-0.1, -0.05) is 33.1 Å². The maximum absolute atomic E-state index is 12.4. The molecular weight excluding hydrogens is 296 g/mol. The van der Waals surface area contributed by atoms with Gasteiger partial charge in [0.05, 0.1) is 0 Å². The van der Waals surface area contributed by atoms with Crippen LogP contribution in [0, 0.1) is 0 Å². The molecule has 0 radical (unpaired) electrons. The number of rotatable bonds is 9. The number of amides is 1. The molecule has 0 atom stereocenters. The molecule has 3 N–H and O–H groups in total. The Bertz CT molecular complexity index is 633. The van der Waals surface area contributed by atoms with Crippen LogP contribution in [0.15, 0.2) is 9.59 Å². The Labute approximate surface area is 136 Å². The summed E-state index contributed by atoms with van der Waals surface area (Å²) in [5, 5.41) is 0. The van der Waals surface area contributed by atoms with E-state index in [1.807, 2.05) is 6.92 Å². The fourth-order valence-electron chi connectivity index (χ4n) is 2.50. The van der Waals surface area contributed by atoms with Crippen molar-refractivity contribution in [2.45, 2.75) is 65.8 Å². The SMILES string of the molecule is CCCCCC(=O)N(CC)c1c(N)n(CCCC)c(=O)[nH]c1=O. The molecular formula is C16H28N4O3. The Morgan fingerprint density at radius 1 is 1.13 bits per heavy atom. The number of aromatic amines is 1. The zero-order valence-electron chi connectivity index (χ0n) is 14.4. The van der Waals surface area contributed by atoms with E-state index in [2.05, 4.69) is 11.9 Å². The first-order valence-corrected chi connectivity index (χ1v) is 8.40. The number of hydrogen-bond acceptors (Lipinski definition) is 4. The topological polar surface area (TPSA) is 101 Å². The molecule has 7 nitrogen and oxygen atoms in total. The van der Waals surface area contributed by atoms with Gasteiger partial charge in [-0.05, 0) is 19.8 Å². The summed E-state index contributed by atoms with van der Waals surface area (Å²) in [7, 11) is 0. The summed E-state index contributed by atoms with van der Waals surface area (Å²) in [5.74, 6) is -0.0725. The highest BCUT2D eigenvalue weighted by molar-refractivity contribution is 5.95. The van der Waals surface area contributed by atoms with Crippen LogP contribution in [0.2, 0.25) is 0 Å². The highest BCUT2D eigenvalue weighted by Gasteiger charge is 2.22. The number of carbonyl (C=O) groups is 1. The van der Waals surface area contributed by atoms with Crippen LogP contribution < -0.4 is 21.9 Å². The van der Waals surface area contributed by atoms with Crippen LogP contribution in [0.3, 0.4) is 0 Å². The van der Waals surface area contributed by atoms with Gasteiger partial charge in [-0.25, -0.2) is 4.79 Å². The highest BCUT2D eigenvalue weighted by Crippen LogP contribution is 2.18. The molecule has 1 amide bonds. The third-order valence-corrected chi connectivity index (χ3v) is 3.83. The Morgan fingerprint density at radius 2 is 1.78 bits per heavy atom. The van der Waals surface area contributed by atoms with E-state index >= 15 is 0 Å². The second-order valence-corrected chi connectivity index (χ2v) is 5.59. The van der Waals surface area contributed by atoms with Gasteiger partial charge in [-0.15, -0.1) is 0 Å².